The summed E-state index contributed by atoms with van der Waals surface area (Å²) in [4.78, 5) is 11.0. The second-order valence-electron chi connectivity index (χ2n) is 3.48. The van der Waals surface area contributed by atoms with Crippen molar-refractivity contribution in [3.05, 3.63) is 53.0 Å². The van der Waals surface area contributed by atoms with Crippen LogP contribution in [0, 0.1) is 0 Å². The van der Waals surface area contributed by atoms with Gasteiger partial charge in [0.05, 0.1) is 5.69 Å². The summed E-state index contributed by atoms with van der Waals surface area (Å²) in [7, 11) is 0. The lowest BCUT2D eigenvalue weighted by Gasteiger charge is -1.99. The van der Waals surface area contributed by atoms with Gasteiger partial charge in [0.1, 0.15) is 5.58 Å². The van der Waals surface area contributed by atoms with E-state index in [1.807, 2.05) is 18.2 Å². The van der Waals surface area contributed by atoms with Crippen LogP contribution in [0.2, 0.25) is 0 Å². The van der Waals surface area contributed by atoms with Gasteiger partial charge in [0.15, 0.2) is 0 Å². The predicted octanol–water partition coefficient (Wildman–Crippen LogP) is 2.18. The molecule has 0 fully saturated rings. The molecule has 2 aromatic heterocycles. The third-order valence-corrected chi connectivity index (χ3v) is 2.43. The molecule has 1 aromatic carbocycles. The number of benzene rings is 1. The van der Waals surface area contributed by atoms with E-state index in [4.69, 9.17) is 4.42 Å². The van der Waals surface area contributed by atoms with Crippen molar-refractivity contribution < 1.29 is 4.42 Å². The minimum absolute atomic E-state index is 0.332. The maximum Gasteiger partial charge on any atom is 0.336 e. The predicted molar refractivity (Wildman–Crippen MR) is 60.1 cm³/mol. The number of hydrogen-bond donors (Lipinski definition) is 1. The van der Waals surface area contributed by atoms with Crippen LogP contribution in [0.25, 0.3) is 22.2 Å². The third-order valence-electron chi connectivity index (χ3n) is 2.43. The van der Waals surface area contributed by atoms with Crippen molar-refractivity contribution >= 4 is 11.0 Å². The summed E-state index contributed by atoms with van der Waals surface area (Å²) in [5.74, 6) is 0. The Balaban J connectivity index is 2.24. The van der Waals surface area contributed by atoms with Crippen LogP contribution < -0.4 is 5.63 Å². The van der Waals surface area contributed by atoms with Crippen molar-refractivity contribution in [3.63, 3.8) is 0 Å². The molecule has 4 heteroatoms. The highest BCUT2D eigenvalue weighted by Crippen LogP contribution is 2.21. The Morgan fingerprint density at radius 1 is 1.12 bits per heavy atom. The number of nitrogens with one attached hydrogen (secondary N) is 1. The van der Waals surface area contributed by atoms with Gasteiger partial charge in [-0.05, 0) is 30.3 Å². The molecule has 0 amide bonds. The Bertz CT molecular complexity index is 684. The molecular formula is C12H8N2O2. The molecule has 0 aliphatic heterocycles. The monoisotopic (exact) mass is 212 g/mol. The molecule has 3 aromatic rings. The van der Waals surface area contributed by atoms with Gasteiger partial charge in [-0.15, -0.1) is 0 Å². The molecule has 2 heterocycles. The quantitative estimate of drug-likeness (QED) is 0.629. The molecule has 0 bridgehead atoms. The van der Waals surface area contributed by atoms with Gasteiger partial charge in [-0.25, -0.2) is 4.79 Å². The van der Waals surface area contributed by atoms with Gasteiger partial charge < -0.3 is 4.42 Å². The van der Waals surface area contributed by atoms with Crippen LogP contribution >= 0.6 is 0 Å². The molecular weight excluding hydrogens is 204 g/mol. The molecule has 3 rings (SSSR count). The first-order valence-electron chi connectivity index (χ1n) is 4.86. The number of aromatic nitrogens is 2. The number of nitrogens with zero attached hydrogens (tertiary/aromatic N) is 1. The van der Waals surface area contributed by atoms with Crippen molar-refractivity contribution in [3.8, 4) is 11.3 Å². The minimum atomic E-state index is -0.332. The summed E-state index contributed by atoms with van der Waals surface area (Å²) in [5.41, 5.74) is 2.21. The van der Waals surface area contributed by atoms with E-state index >= 15 is 0 Å². The number of aromatic amines is 1. The summed E-state index contributed by atoms with van der Waals surface area (Å²) in [6.45, 7) is 0. The summed E-state index contributed by atoms with van der Waals surface area (Å²) in [6, 6.07) is 10.7. The van der Waals surface area contributed by atoms with Gasteiger partial charge in [-0.2, -0.15) is 5.10 Å². The van der Waals surface area contributed by atoms with E-state index in [1.165, 1.54) is 6.07 Å². The van der Waals surface area contributed by atoms with Gasteiger partial charge in [0.25, 0.3) is 0 Å². The molecule has 0 saturated carbocycles. The van der Waals surface area contributed by atoms with Crippen molar-refractivity contribution in [1.29, 1.82) is 0 Å². The van der Waals surface area contributed by atoms with Crippen LogP contribution in [0.3, 0.4) is 0 Å². The summed E-state index contributed by atoms with van der Waals surface area (Å²) in [5, 5.41) is 7.68. The van der Waals surface area contributed by atoms with Gasteiger partial charge in [0.2, 0.25) is 0 Å². The molecule has 0 atom stereocenters. The normalized spacial score (nSPS) is 10.8. The van der Waals surface area contributed by atoms with E-state index in [0.717, 1.165) is 16.6 Å². The van der Waals surface area contributed by atoms with Gasteiger partial charge in [0, 0.05) is 23.2 Å². The smallest absolute Gasteiger partial charge is 0.336 e. The topological polar surface area (TPSA) is 58.9 Å². The van der Waals surface area contributed by atoms with Crippen LogP contribution in [-0.4, -0.2) is 10.2 Å². The van der Waals surface area contributed by atoms with E-state index in [-0.39, 0.29) is 5.63 Å². The summed E-state index contributed by atoms with van der Waals surface area (Å²) >= 11 is 0. The zero-order valence-electron chi connectivity index (χ0n) is 8.31. The number of rotatable bonds is 1. The Hall–Kier alpha value is -2.36. The summed E-state index contributed by atoms with van der Waals surface area (Å²) in [6.07, 6.45) is 1.70. The van der Waals surface area contributed by atoms with E-state index < -0.39 is 0 Å². The average Bonchev–Trinajstić information content (AvgIpc) is 2.82. The molecule has 0 unspecified atom stereocenters. The Morgan fingerprint density at radius 3 is 2.88 bits per heavy atom. The lowest BCUT2D eigenvalue weighted by Crippen LogP contribution is -1.94. The molecule has 1 N–H and O–H groups in total. The molecule has 4 nitrogen and oxygen atoms in total. The molecule has 78 valence electrons. The first kappa shape index (κ1) is 8.91. The van der Waals surface area contributed by atoms with Crippen molar-refractivity contribution in [2.75, 3.05) is 0 Å². The minimum Gasteiger partial charge on any atom is -0.423 e. The Morgan fingerprint density at radius 2 is 2.06 bits per heavy atom. The maximum atomic E-state index is 11.0. The van der Waals surface area contributed by atoms with E-state index in [0.29, 0.717) is 5.58 Å². The second kappa shape index (κ2) is 3.34. The molecule has 0 saturated heterocycles. The van der Waals surface area contributed by atoms with Gasteiger partial charge in [-0.3, -0.25) is 5.10 Å². The lowest BCUT2D eigenvalue weighted by molar-refractivity contribution is 0.561. The van der Waals surface area contributed by atoms with Crippen LogP contribution in [0.15, 0.2) is 51.8 Å². The van der Waals surface area contributed by atoms with E-state index in [2.05, 4.69) is 10.2 Å². The first-order chi connectivity index (χ1) is 7.83. The fourth-order valence-corrected chi connectivity index (χ4v) is 1.66. The van der Waals surface area contributed by atoms with Crippen molar-refractivity contribution in [2.45, 2.75) is 0 Å². The van der Waals surface area contributed by atoms with Crippen LogP contribution in [0.4, 0.5) is 0 Å². The van der Waals surface area contributed by atoms with E-state index in [9.17, 15) is 4.79 Å². The Labute approximate surface area is 90.5 Å². The number of H-pyrrole nitrogens is 1. The van der Waals surface area contributed by atoms with Crippen molar-refractivity contribution in [2.24, 2.45) is 0 Å². The van der Waals surface area contributed by atoms with Gasteiger partial charge in [-0.1, -0.05) is 0 Å². The highest BCUT2D eigenvalue weighted by Gasteiger charge is 2.02. The van der Waals surface area contributed by atoms with Crippen LogP contribution in [0.5, 0.6) is 0 Å². The van der Waals surface area contributed by atoms with E-state index in [1.54, 1.807) is 18.3 Å². The molecule has 0 aliphatic rings. The zero-order valence-corrected chi connectivity index (χ0v) is 8.31. The average molecular weight is 212 g/mol. The fourth-order valence-electron chi connectivity index (χ4n) is 1.66. The van der Waals surface area contributed by atoms with Crippen LogP contribution in [-0.2, 0) is 0 Å². The zero-order chi connectivity index (χ0) is 11.0. The third kappa shape index (κ3) is 1.40. The van der Waals surface area contributed by atoms with Crippen LogP contribution in [0.1, 0.15) is 0 Å². The number of fused-ring (bicyclic) bond motifs is 1. The maximum absolute atomic E-state index is 11.0. The largest absolute Gasteiger partial charge is 0.423 e. The Kier molecular flexibility index (Phi) is 1.86. The second-order valence-corrected chi connectivity index (χ2v) is 3.48. The molecule has 0 spiro atoms. The molecule has 16 heavy (non-hydrogen) atoms. The highest BCUT2D eigenvalue weighted by molar-refractivity contribution is 5.82. The SMILES string of the molecule is O=c1ccc2cc(-c3ccn[nH]3)ccc2o1. The van der Waals surface area contributed by atoms with Gasteiger partial charge >= 0.3 is 5.63 Å². The molecule has 0 radical (unpaired) electrons. The first-order valence-corrected chi connectivity index (χ1v) is 4.86. The lowest BCUT2D eigenvalue weighted by atomic mass is 10.1. The van der Waals surface area contributed by atoms with Crippen molar-refractivity contribution in [1.82, 2.24) is 10.2 Å². The number of hydrogen-bond acceptors (Lipinski definition) is 3. The standard InChI is InChI=1S/C12H8N2O2/c15-12-4-2-9-7-8(1-3-11(9)16-12)10-5-6-13-14-10/h1-7H,(H,13,14). The fraction of sp³-hybridized carbons (Fsp3) is 0. The summed E-state index contributed by atoms with van der Waals surface area (Å²) < 4.78 is 5.05. The molecule has 0 aliphatic carbocycles. The highest BCUT2D eigenvalue weighted by atomic mass is 16.4.